The fraction of sp³-hybridized carbons (Fsp3) is 1.00. The number of hydrogen-bond donors (Lipinski definition) is 0. The summed E-state index contributed by atoms with van der Waals surface area (Å²) < 4.78 is 0. The molecule has 0 aliphatic carbocycles. The van der Waals surface area contributed by atoms with Gasteiger partial charge < -0.3 is 0 Å². The van der Waals surface area contributed by atoms with Crippen LogP contribution in [0, 0.1) is 17.8 Å². The van der Waals surface area contributed by atoms with Crippen LogP contribution in [0.5, 0.6) is 0 Å². The predicted octanol–water partition coefficient (Wildman–Crippen LogP) is 6.82. The number of rotatable bonds is 8. The van der Waals surface area contributed by atoms with E-state index < -0.39 is 20.9 Å². The molecule has 0 nitrogen and oxygen atoms in total. The Kier molecular flexibility index (Phi) is 8.14. The average molecular weight is 372 g/mol. The zero-order chi connectivity index (χ0) is 16.4. The molecule has 0 rings (SSSR count). The van der Waals surface area contributed by atoms with Gasteiger partial charge in [-0.2, -0.15) is 22.2 Å². The minimum absolute atomic E-state index is 0.698. The SMILES string of the molecule is CC(C)C[Si](C)(Cl)[Si](C)(CC(C)C)[Si](C)(Cl)CC(C)C. The third kappa shape index (κ3) is 5.45. The first-order valence-corrected chi connectivity index (χ1v) is 20.3. The molecule has 0 spiro atoms. The third-order valence-corrected chi connectivity index (χ3v) is 51.6. The Labute approximate surface area is 140 Å². The molecule has 5 heteroatoms. The molecule has 0 radical (unpaired) electrons. The molecule has 0 aliphatic heterocycles. The summed E-state index contributed by atoms with van der Waals surface area (Å²) in [7, 11) is -1.58. The maximum Gasteiger partial charge on any atom is 0.143 e. The van der Waals surface area contributed by atoms with Gasteiger partial charge in [-0.15, -0.1) is 0 Å². The Morgan fingerprint density at radius 3 is 1.05 bits per heavy atom. The van der Waals surface area contributed by atoms with Crippen LogP contribution in [0.2, 0.25) is 37.8 Å². The maximum absolute atomic E-state index is 7.30. The lowest BCUT2D eigenvalue weighted by molar-refractivity contribution is 0.712. The zero-order valence-corrected chi connectivity index (χ0v) is 19.6. The normalized spacial score (nSPS) is 21.9. The van der Waals surface area contributed by atoms with Gasteiger partial charge in [0.05, 0.1) is 7.11 Å². The summed E-state index contributed by atoms with van der Waals surface area (Å²) in [4.78, 5) is 0. The fourth-order valence-corrected chi connectivity index (χ4v) is 52.2. The Hall–Kier alpha value is 1.23. The van der Waals surface area contributed by atoms with Gasteiger partial charge in [0.25, 0.3) is 0 Å². The van der Waals surface area contributed by atoms with Crippen molar-refractivity contribution in [1.29, 1.82) is 0 Å². The highest BCUT2D eigenvalue weighted by molar-refractivity contribution is 7.84. The van der Waals surface area contributed by atoms with Gasteiger partial charge in [-0.05, 0) is 29.8 Å². The van der Waals surface area contributed by atoms with E-state index in [1.54, 1.807) is 0 Å². The molecule has 0 saturated heterocycles. The van der Waals surface area contributed by atoms with E-state index in [0.717, 1.165) is 5.92 Å². The first-order chi connectivity index (χ1) is 8.75. The van der Waals surface area contributed by atoms with Crippen LogP contribution < -0.4 is 0 Å². The van der Waals surface area contributed by atoms with Crippen molar-refractivity contribution in [3.63, 3.8) is 0 Å². The maximum atomic E-state index is 7.30. The quantitative estimate of drug-likeness (QED) is 0.324. The zero-order valence-electron chi connectivity index (χ0n) is 15.1. The van der Waals surface area contributed by atoms with Crippen LogP contribution >= 0.6 is 22.2 Å². The van der Waals surface area contributed by atoms with Crippen LogP contribution in [0.1, 0.15) is 41.5 Å². The Bertz CT molecular complexity index is 277. The highest BCUT2D eigenvalue weighted by Crippen LogP contribution is 2.45. The second-order valence-electron chi connectivity index (χ2n) is 8.52. The van der Waals surface area contributed by atoms with Crippen LogP contribution in [-0.2, 0) is 0 Å². The molecular formula is C15H36Cl2Si3. The molecule has 2 atom stereocenters. The summed E-state index contributed by atoms with van der Waals surface area (Å²) in [5.74, 6) is 2.12. The van der Waals surface area contributed by atoms with Gasteiger partial charge in [0, 0.05) is 0 Å². The molecule has 122 valence electrons. The molecule has 0 aromatic heterocycles. The van der Waals surface area contributed by atoms with E-state index in [1.807, 2.05) is 0 Å². The Balaban J connectivity index is 5.60. The molecule has 0 fully saturated rings. The minimum atomic E-state index is -1.74. The van der Waals surface area contributed by atoms with Crippen LogP contribution in [0.15, 0.2) is 0 Å². The average Bonchev–Trinajstić information content (AvgIpc) is 2.10. The number of halogens is 2. The van der Waals surface area contributed by atoms with E-state index in [1.165, 1.54) is 18.1 Å². The standard InChI is InChI=1S/C15H36Cl2Si3/c1-13(2)10-18(7,16)20(9,12-15(5)6)19(8,17)11-14(3)4/h13-15H,10-12H2,1-9H3. The smallest absolute Gasteiger partial charge is 0.143 e. The second-order valence-corrected chi connectivity index (χ2v) is 38.8. The second kappa shape index (κ2) is 7.67. The molecule has 0 bridgehead atoms. The Morgan fingerprint density at radius 1 is 0.600 bits per heavy atom. The predicted molar refractivity (Wildman–Crippen MR) is 105 cm³/mol. The summed E-state index contributed by atoms with van der Waals surface area (Å²) in [6, 6.07) is 3.79. The van der Waals surface area contributed by atoms with Gasteiger partial charge in [0.2, 0.25) is 0 Å². The first kappa shape index (κ1) is 21.2. The van der Waals surface area contributed by atoms with E-state index in [-0.39, 0.29) is 0 Å². The molecule has 0 aromatic carbocycles. The van der Waals surface area contributed by atoms with Crippen molar-refractivity contribution in [3.05, 3.63) is 0 Å². The summed E-state index contributed by atoms with van der Waals surface area (Å²) in [5, 5.41) is 0. The molecule has 20 heavy (non-hydrogen) atoms. The van der Waals surface area contributed by atoms with Crippen molar-refractivity contribution in [1.82, 2.24) is 0 Å². The van der Waals surface area contributed by atoms with Gasteiger partial charge in [-0.3, -0.25) is 0 Å². The van der Waals surface area contributed by atoms with Crippen molar-refractivity contribution in [3.8, 4) is 0 Å². The lowest BCUT2D eigenvalue weighted by atomic mass is 10.3. The van der Waals surface area contributed by atoms with Crippen molar-refractivity contribution < 1.29 is 0 Å². The molecule has 0 heterocycles. The van der Waals surface area contributed by atoms with E-state index in [2.05, 4.69) is 61.2 Å². The largest absolute Gasteiger partial charge is 0.171 e. The topological polar surface area (TPSA) is 0 Å². The van der Waals surface area contributed by atoms with Gasteiger partial charge in [0.15, 0.2) is 0 Å². The molecule has 0 saturated carbocycles. The highest BCUT2D eigenvalue weighted by atomic mass is 35.6. The molecule has 0 amide bonds. The first-order valence-electron chi connectivity index (χ1n) is 8.13. The van der Waals surface area contributed by atoms with E-state index in [0.29, 0.717) is 11.8 Å². The van der Waals surface area contributed by atoms with Crippen LogP contribution in [0.25, 0.3) is 0 Å². The van der Waals surface area contributed by atoms with Crippen molar-refractivity contribution >= 4 is 43.1 Å². The van der Waals surface area contributed by atoms with Gasteiger partial charge in [-0.25, -0.2) is 0 Å². The molecule has 2 unspecified atom stereocenters. The fourth-order valence-electron chi connectivity index (χ4n) is 3.77. The van der Waals surface area contributed by atoms with Crippen molar-refractivity contribution in [2.45, 2.75) is 79.3 Å². The summed E-state index contributed by atoms with van der Waals surface area (Å²) in [6.45, 7) is 17.9. The van der Waals surface area contributed by atoms with Crippen LogP contribution in [0.4, 0.5) is 0 Å². The summed E-state index contributed by atoms with van der Waals surface area (Å²) in [6.07, 6.45) is 0. The monoisotopic (exact) mass is 370 g/mol. The van der Waals surface area contributed by atoms with Crippen LogP contribution in [-0.4, -0.2) is 20.9 Å². The molecular weight excluding hydrogens is 335 g/mol. The lowest BCUT2D eigenvalue weighted by Gasteiger charge is -2.49. The van der Waals surface area contributed by atoms with Gasteiger partial charge >= 0.3 is 0 Å². The summed E-state index contributed by atoms with van der Waals surface area (Å²) >= 11 is 14.6. The van der Waals surface area contributed by atoms with Crippen molar-refractivity contribution in [2.24, 2.45) is 17.8 Å². The minimum Gasteiger partial charge on any atom is -0.171 e. The van der Waals surface area contributed by atoms with E-state index >= 15 is 0 Å². The van der Waals surface area contributed by atoms with Crippen LogP contribution in [0.3, 0.4) is 0 Å². The number of hydrogen-bond acceptors (Lipinski definition) is 0. The van der Waals surface area contributed by atoms with Gasteiger partial charge in [-0.1, -0.05) is 67.2 Å². The lowest BCUT2D eigenvalue weighted by Crippen LogP contribution is -2.70. The molecule has 0 N–H and O–H groups in total. The highest BCUT2D eigenvalue weighted by Gasteiger charge is 2.59. The third-order valence-electron chi connectivity index (χ3n) is 4.70. The van der Waals surface area contributed by atoms with E-state index in [9.17, 15) is 0 Å². The Morgan fingerprint density at radius 2 is 0.850 bits per heavy atom. The van der Waals surface area contributed by atoms with Crippen molar-refractivity contribution in [2.75, 3.05) is 0 Å². The van der Waals surface area contributed by atoms with Gasteiger partial charge in [0.1, 0.15) is 13.8 Å². The molecule has 0 aliphatic rings. The molecule has 0 aromatic rings. The van der Waals surface area contributed by atoms with E-state index in [4.69, 9.17) is 22.2 Å². The summed E-state index contributed by atoms with van der Waals surface area (Å²) in [5.41, 5.74) is 0.